The number of aromatic nitrogens is 2. The maximum Gasteiger partial charge on any atom is 0.267 e. The molecule has 0 aliphatic rings. The van der Waals surface area contributed by atoms with Gasteiger partial charge < -0.3 is 10.3 Å². The second kappa shape index (κ2) is 4.85. The van der Waals surface area contributed by atoms with Gasteiger partial charge in [-0.2, -0.15) is 0 Å². The maximum absolute atomic E-state index is 11.5. The Balaban J connectivity index is 2.01. The van der Waals surface area contributed by atoms with Gasteiger partial charge in [-0.05, 0) is 38.8 Å². The molecule has 0 saturated heterocycles. The Labute approximate surface area is 117 Å². The predicted octanol–water partition coefficient (Wildman–Crippen LogP) is 3.43. The van der Waals surface area contributed by atoms with Gasteiger partial charge in [0.1, 0.15) is 4.47 Å². The molecule has 3 aromatic rings. The molecule has 1 aromatic heterocycles. The molecular weight excluding hydrogens is 306 g/mol. The van der Waals surface area contributed by atoms with Crippen LogP contribution in [0.2, 0.25) is 0 Å². The van der Waals surface area contributed by atoms with Crippen LogP contribution in [0.25, 0.3) is 10.8 Å². The molecule has 19 heavy (non-hydrogen) atoms. The predicted molar refractivity (Wildman–Crippen MR) is 79.8 cm³/mol. The Morgan fingerprint density at radius 2 is 1.89 bits per heavy atom. The van der Waals surface area contributed by atoms with Crippen LogP contribution < -0.4 is 10.9 Å². The second-order valence-electron chi connectivity index (χ2n) is 4.08. The molecule has 2 aromatic carbocycles. The number of fused-ring (bicyclic) bond motifs is 1. The molecule has 94 valence electrons. The van der Waals surface area contributed by atoms with E-state index in [0.29, 0.717) is 10.3 Å². The van der Waals surface area contributed by atoms with Gasteiger partial charge in [-0.1, -0.05) is 30.3 Å². The smallest absolute Gasteiger partial charge is 0.267 e. The topological polar surface area (TPSA) is 57.8 Å². The molecule has 0 spiro atoms. The Morgan fingerprint density at radius 1 is 1.11 bits per heavy atom. The molecular formula is C14H10BrN3O. The Hall–Kier alpha value is -2.14. The van der Waals surface area contributed by atoms with Gasteiger partial charge in [0.05, 0.1) is 6.33 Å². The molecule has 1 heterocycles. The highest BCUT2D eigenvalue weighted by Crippen LogP contribution is 2.23. The summed E-state index contributed by atoms with van der Waals surface area (Å²) >= 11 is 3.22. The van der Waals surface area contributed by atoms with Crippen LogP contribution >= 0.6 is 15.9 Å². The van der Waals surface area contributed by atoms with Gasteiger partial charge in [0, 0.05) is 5.69 Å². The Bertz CT molecular complexity index is 798. The van der Waals surface area contributed by atoms with Crippen LogP contribution in [-0.2, 0) is 0 Å². The molecule has 4 nitrogen and oxygen atoms in total. The fraction of sp³-hybridized carbons (Fsp3) is 0. The Morgan fingerprint density at radius 3 is 2.74 bits per heavy atom. The molecule has 0 unspecified atom stereocenters. The largest absolute Gasteiger partial charge is 0.339 e. The molecule has 0 aliphatic heterocycles. The van der Waals surface area contributed by atoms with Crippen LogP contribution in [0.5, 0.6) is 0 Å². The van der Waals surface area contributed by atoms with Crippen molar-refractivity contribution in [1.82, 2.24) is 9.97 Å². The standard InChI is InChI=1S/C14H10BrN3O/c15-12-13(16-8-17-14(12)19)18-11-6-5-9-3-1-2-4-10(9)7-11/h1-8H,(H2,16,17,18,19). The zero-order valence-corrected chi connectivity index (χ0v) is 11.4. The summed E-state index contributed by atoms with van der Waals surface area (Å²) in [5.41, 5.74) is 0.677. The van der Waals surface area contributed by atoms with Crippen molar-refractivity contribution < 1.29 is 0 Å². The lowest BCUT2D eigenvalue weighted by Crippen LogP contribution is -2.09. The number of nitrogens with zero attached hydrogens (tertiary/aromatic N) is 1. The van der Waals surface area contributed by atoms with E-state index >= 15 is 0 Å². The van der Waals surface area contributed by atoms with Crippen molar-refractivity contribution in [3.05, 3.63) is 63.6 Å². The third-order valence-corrected chi connectivity index (χ3v) is 3.54. The van der Waals surface area contributed by atoms with Crippen molar-refractivity contribution in [2.75, 3.05) is 5.32 Å². The van der Waals surface area contributed by atoms with Gasteiger partial charge in [0.2, 0.25) is 0 Å². The normalized spacial score (nSPS) is 10.6. The zero-order valence-electron chi connectivity index (χ0n) is 9.85. The first-order chi connectivity index (χ1) is 9.24. The number of rotatable bonds is 2. The van der Waals surface area contributed by atoms with Crippen molar-refractivity contribution in [2.24, 2.45) is 0 Å². The molecule has 2 N–H and O–H groups in total. The van der Waals surface area contributed by atoms with E-state index in [9.17, 15) is 4.79 Å². The van der Waals surface area contributed by atoms with Gasteiger partial charge in [0.25, 0.3) is 5.56 Å². The molecule has 0 amide bonds. The first kappa shape index (κ1) is 11.9. The van der Waals surface area contributed by atoms with E-state index in [-0.39, 0.29) is 5.56 Å². The summed E-state index contributed by atoms with van der Waals surface area (Å²) in [5, 5.41) is 5.43. The van der Waals surface area contributed by atoms with Crippen molar-refractivity contribution in [1.29, 1.82) is 0 Å². The van der Waals surface area contributed by atoms with Gasteiger partial charge in [0.15, 0.2) is 5.82 Å². The minimum absolute atomic E-state index is 0.210. The molecule has 5 heteroatoms. The molecule has 0 bridgehead atoms. The van der Waals surface area contributed by atoms with Crippen molar-refractivity contribution >= 4 is 38.2 Å². The summed E-state index contributed by atoms with van der Waals surface area (Å²) in [6.07, 6.45) is 1.37. The summed E-state index contributed by atoms with van der Waals surface area (Å²) in [6, 6.07) is 14.1. The number of hydrogen-bond acceptors (Lipinski definition) is 3. The van der Waals surface area contributed by atoms with Gasteiger partial charge >= 0.3 is 0 Å². The third-order valence-electron chi connectivity index (χ3n) is 2.81. The minimum atomic E-state index is -0.210. The van der Waals surface area contributed by atoms with Gasteiger partial charge in [-0.3, -0.25) is 4.79 Å². The Kier molecular flexibility index (Phi) is 3.05. The number of benzene rings is 2. The minimum Gasteiger partial charge on any atom is -0.339 e. The lowest BCUT2D eigenvalue weighted by Gasteiger charge is -2.07. The van der Waals surface area contributed by atoms with E-state index < -0.39 is 0 Å². The van der Waals surface area contributed by atoms with E-state index in [1.165, 1.54) is 11.7 Å². The summed E-state index contributed by atoms with van der Waals surface area (Å²) in [7, 11) is 0. The van der Waals surface area contributed by atoms with Crippen LogP contribution in [0.4, 0.5) is 11.5 Å². The first-order valence-corrected chi connectivity index (χ1v) is 6.52. The van der Waals surface area contributed by atoms with Crippen molar-refractivity contribution in [3.8, 4) is 0 Å². The first-order valence-electron chi connectivity index (χ1n) is 5.73. The van der Waals surface area contributed by atoms with E-state index in [1.807, 2.05) is 36.4 Å². The summed E-state index contributed by atoms with van der Waals surface area (Å²) in [5.74, 6) is 0.499. The average molecular weight is 316 g/mol. The third kappa shape index (κ3) is 2.37. The van der Waals surface area contributed by atoms with Gasteiger partial charge in [-0.15, -0.1) is 0 Å². The van der Waals surface area contributed by atoms with E-state index in [4.69, 9.17) is 0 Å². The number of anilines is 2. The maximum atomic E-state index is 11.5. The lowest BCUT2D eigenvalue weighted by atomic mass is 10.1. The average Bonchev–Trinajstić information content (AvgIpc) is 2.44. The van der Waals surface area contributed by atoms with E-state index in [0.717, 1.165) is 11.1 Å². The highest BCUT2D eigenvalue weighted by Gasteiger charge is 2.05. The van der Waals surface area contributed by atoms with Crippen LogP contribution in [0.3, 0.4) is 0 Å². The quantitative estimate of drug-likeness (QED) is 0.761. The van der Waals surface area contributed by atoms with Crippen LogP contribution in [0.1, 0.15) is 0 Å². The number of nitrogens with one attached hydrogen (secondary N) is 2. The number of halogens is 1. The SMILES string of the molecule is O=c1[nH]cnc(Nc2ccc3ccccc3c2)c1Br. The molecule has 0 radical (unpaired) electrons. The highest BCUT2D eigenvalue weighted by atomic mass is 79.9. The van der Waals surface area contributed by atoms with Crippen LogP contribution in [0, 0.1) is 0 Å². The molecule has 0 aliphatic carbocycles. The van der Waals surface area contributed by atoms with E-state index in [1.54, 1.807) is 0 Å². The molecule has 0 atom stereocenters. The summed E-state index contributed by atoms with van der Waals surface area (Å²) in [4.78, 5) is 18.1. The number of aromatic amines is 1. The molecule has 3 rings (SSSR count). The fourth-order valence-corrected chi connectivity index (χ4v) is 2.19. The highest BCUT2D eigenvalue weighted by molar-refractivity contribution is 9.10. The van der Waals surface area contributed by atoms with Gasteiger partial charge in [-0.25, -0.2) is 4.98 Å². The second-order valence-corrected chi connectivity index (χ2v) is 4.87. The molecule has 0 fully saturated rings. The van der Waals surface area contributed by atoms with Crippen LogP contribution in [0.15, 0.2) is 58.1 Å². The summed E-state index contributed by atoms with van der Waals surface area (Å²) < 4.78 is 0.392. The molecule has 0 saturated carbocycles. The monoisotopic (exact) mass is 315 g/mol. The van der Waals surface area contributed by atoms with Crippen LogP contribution in [-0.4, -0.2) is 9.97 Å². The summed E-state index contributed by atoms with van der Waals surface area (Å²) in [6.45, 7) is 0. The lowest BCUT2D eigenvalue weighted by molar-refractivity contribution is 1.10. The number of H-pyrrole nitrogens is 1. The fourth-order valence-electron chi connectivity index (χ4n) is 1.87. The zero-order chi connectivity index (χ0) is 13.2. The number of hydrogen-bond donors (Lipinski definition) is 2. The van der Waals surface area contributed by atoms with Crippen molar-refractivity contribution in [3.63, 3.8) is 0 Å². The van der Waals surface area contributed by atoms with Crippen molar-refractivity contribution in [2.45, 2.75) is 0 Å². The van der Waals surface area contributed by atoms with E-state index in [2.05, 4.69) is 37.3 Å².